The van der Waals surface area contributed by atoms with Crippen molar-refractivity contribution in [3.63, 3.8) is 0 Å². The zero-order valence-corrected chi connectivity index (χ0v) is 72.7. The average molecular weight is 1750 g/mol. The Hall–Kier alpha value is -12.5. The fourth-order valence-electron chi connectivity index (χ4n) is 14.3. The van der Waals surface area contributed by atoms with Gasteiger partial charge in [0.05, 0.1) is 12.1 Å². The van der Waals surface area contributed by atoms with E-state index < -0.39 is 179 Å². The van der Waals surface area contributed by atoms with Gasteiger partial charge in [-0.25, -0.2) is 33.6 Å². The zero-order valence-electron chi connectivity index (χ0n) is 72.7. The monoisotopic (exact) mass is 1750 g/mol. The van der Waals surface area contributed by atoms with E-state index in [2.05, 4.69) is 37.2 Å². The van der Waals surface area contributed by atoms with Crippen LogP contribution in [-0.4, -0.2) is 277 Å². The third-order valence-corrected chi connectivity index (χ3v) is 21.3. The lowest BCUT2D eigenvalue weighted by molar-refractivity contribution is -0.305. The summed E-state index contributed by atoms with van der Waals surface area (Å²) in [5.74, 6) is 0. The van der Waals surface area contributed by atoms with E-state index in [9.17, 15) is 28.8 Å². The van der Waals surface area contributed by atoms with Crippen molar-refractivity contribution in [2.24, 2.45) is 34.4 Å². The van der Waals surface area contributed by atoms with E-state index in [0.29, 0.717) is 22.7 Å². The first-order valence-corrected chi connectivity index (χ1v) is 40.7. The summed E-state index contributed by atoms with van der Waals surface area (Å²) in [5.41, 5.74) is 49.8. The molecule has 40 heteroatoms. The highest BCUT2D eigenvalue weighted by Crippen LogP contribution is 2.40. The normalized spacial score (nSPS) is 24.9. The molecule has 19 atom stereocenters. The molecule has 0 radical (unpaired) electrons. The van der Waals surface area contributed by atoms with Crippen LogP contribution in [0.5, 0.6) is 0 Å². The number of hydrogen-bond acceptors (Lipinski definition) is 33. The van der Waals surface area contributed by atoms with Gasteiger partial charge in [0, 0.05) is 203 Å². The SMILES string of the molecule is CN(C)c1ccc(NC(=O)OC[C@H]2O[C@@H](O[C@@H]3[C@@H](OC(=O)Nc4ccc(N(C)C)cc4)[C@H](N)C[C@H](N)[C@H]3O[C@H]3O[C@H](CN)[C@@H](OC(=O)Nc4ccc(N(C)C)cc4)[C@H](OC(=O)Nc4ccc(N(C)C)cc4)[C@H]3N)[C@H](OC(=O)Nc3ccc(N(C)C)cc3)[C@@H]2O[C@H]2O[C@@H](CN)[C@@H](OC(=O)Nc3ccc(N(C)C)cc3)[C@H](OC(=O)Nc3ccc(N(C)C)cc3)[C@H]2N)cc1. The second-order valence-electron chi connectivity index (χ2n) is 31.9. The molecule has 0 aromatic heterocycles. The van der Waals surface area contributed by atoms with E-state index >= 15 is 4.79 Å². The van der Waals surface area contributed by atoms with Crippen LogP contribution < -0.4 is 106 Å². The predicted octanol–water partition coefficient (Wildman–Crippen LogP) is 7.36. The van der Waals surface area contributed by atoms with Crippen LogP contribution in [0.1, 0.15) is 6.42 Å². The van der Waals surface area contributed by atoms with Crippen molar-refractivity contribution in [2.75, 3.05) is 190 Å². The number of rotatable bonds is 30. The van der Waals surface area contributed by atoms with E-state index in [-0.39, 0.29) is 23.5 Å². The van der Waals surface area contributed by atoms with Gasteiger partial charge in [-0.3, -0.25) is 37.2 Å². The maximum atomic E-state index is 15.1. The number of anilines is 14. The molecule has 4 fully saturated rings. The molecule has 0 spiro atoms. The number of nitrogens with two attached hydrogens (primary N) is 6. The summed E-state index contributed by atoms with van der Waals surface area (Å²) in [7, 11) is 25.8. The lowest BCUT2D eigenvalue weighted by atomic mass is 9.84. The number of nitrogens with zero attached hydrogens (tertiary/aromatic N) is 7. The summed E-state index contributed by atoms with van der Waals surface area (Å²) in [6, 6.07) is 41.5. The molecule has 4 aliphatic rings. The van der Waals surface area contributed by atoms with Gasteiger partial charge >= 0.3 is 42.7 Å². The highest BCUT2D eigenvalue weighted by Gasteiger charge is 2.59. The van der Waals surface area contributed by atoms with Crippen LogP contribution >= 0.6 is 0 Å². The van der Waals surface area contributed by atoms with Crippen molar-refractivity contribution in [2.45, 2.75) is 123 Å². The van der Waals surface area contributed by atoms with Gasteiger partial charge < -0.3 is 130 Å². The minimum atomic E-state index is -2.04. The summed E-state index contributed by atoms with van der Waals surface area (Å²) in [5, 5.41) is 19.0. The van der Waals surface area contributed by atoms with E-state index in [0.717, 1.165) is 39.8 Å². The summed E-state index contributed by atoms with van der Waals surface area (Å²) in [4.78, 5) is 114. The summed E-state index contributed by atoms with van der Waals surface area (Å²) in [6.07, 6.45) is -33.5. The van der Waals surface area contributed by atoms with Gasteiger partial charge in [-0.15, -0.1) is 0 Å². The fourth-order valence-corrected chi connectivity index (χ4v) is 14.3. The number of benzene rings is 7. The standard InChI is InChI=1S/C86H116N20O20/c1-100(2)54-29-15-47(16-30-54)93-80(107)114-46-65-72(119-78-67(92)74(125-85(112)98-52-25-39-59(40-26-52)105(11)12)71(64(45-88)116-78)123-83(110)96-50-21-35-57(36-22-50)103(7)8)76(126-86(113)99-53-27-41-60(42-28-53)106(13)14)79(117-65)120-75-68(61(89)43-62(90)69(75)121-81(108)94-48-17-31-55(32-18-48)101(3)4)118-77-66(91)73(124-84(111)97-51-23-37-58(38-24-51)104(9)10)70(63(44-87)115-77)122-82(109)95-49-19-33-56(34-20-49)102(5)6/h15-42,61-79H,43-46,87-92H2,1-14H3,(H,93,107)(H,94,108)(H,95,109)(H,96,110)(H,97,111)(H,98,112)(H,99,113)/t61-,62+,63+,64-,65+,66+,67+,68+,69-,70+,71+,72+,73+,74+,75-,76+,77+,78+,79-/m0/s1. The zero-order chi connectivity index (χ0) is 90.9. The van der Waals surface area contributed by atoms with Crippen molar-refractivity contribution < 1.29 is 95.1 Å². The molecule has 3 saturated heterocycles. The van der Waals surface area contributed by atoms with Gasteiger partial charge in [0.2, 0.25) is 0 Å². The molecule has 3 aliphatic heterocycles. The molecule has 0 unspecified atom stereocenters. The minimum Gasteiger partial charge on any atom is -0.446 e. The number of carbonyl (C=O) groups is 7. The highest BCUT2D eigenvalue weighted by molar-refractivity contribution is 5.89. The summed E-state index contributed by atoms with van der Waals surface area (Å²) < 4.78 is 84.9. The van der Waals surface area contributed by atoms with E-state index in [1.165, 1.54) is 0 Å². The molecule has 7 amide bonds. The largest absolute Gasteiger partial charge is 0.446 e. The highest BCUT2D eigenvalue weighted by atomic mass is 16.8. The van der Waals surface area contributed by atoms with Crippen LogP contribution in [-0.2, 0) is 61.6 Å². The quantitative estimate of drug-likeness (QED) is 0.0195. The Bertz CT molecular complexity index is 4740. The molecule has 1 aliphatic carbocycles. The average Bonchev–Trinajstić information content (AvgIpc) is 1.48. The molecule has 7 aromatic rings. The fraction of sp³-hybridized carbons (Fsp3) is 0.430. The Morgan fingerprint density at radius 3 is 0.770 bits per heavy atom. The van der Waals surface area contributed by atoms with Crippen molar-refractivity contribution in [1.82, 2.24) is 0 Å². The Kier molecular flexibility index (Phi) is 32.1. The molecule has 1 saturated carbocycles. The van der Waals surface area contributed by atoms with Crippen LogP contribution in [0.15, 0.2) is 170 Å². The molecule has 7 aromatic carbocycles. The second-order valence-corrected chi connectivity index (χ2v) is 31.9. The van der Waals surface area contributed by atoms with E-state index in [4.69, 9.17) is 96.0 Å². The minimum absolute atomic E-state index is 0.215. The van der Waals surface area contributed by atoms with E-state index in [1.807, 2.05) is 133 Å². The molecule has 19 N–H and O–H groups in total. The molecular weight excluding hydrogens is 1630 g/mol. The summed E-state index contributed by atoms with van der Waals surface area (Å²) >= 11 is 0. The van der Waals surface area contributed by atoms with Crippen molar-refractivity contribution in [1.29, 1.82) is 0 Å². The van der Waals surface area contributed by atoms with Crippen molar-refractivity contribution in [3.8, 4) is 0 Å². The predicted molar refractivity (Wildman–Crippen MR) is 479 cm³/mol. The third-order valence-electron chi connectivity index (χ3n) is 21.3. The summed E-state index contributed by atoms with van der Waals surface area (Å²) in [6.45, 7) is -1.70. The van der Waals surface area contributed by atoms with Crippen LogP contribution in [0.4, 0.5) is 113 Å². The molecule has 11 rings (SSSR count). The van der Waals surface area contributed by atoms with Gasteiger partial charge in [0.15, 0.2) is 49.4 Å². The lowest BCUT2D eigenvalue weighted by Gasteiger charge is -2.48. The molecule has 126 heavy (non-hydrogen) atoms. The van der Waals surface area contributed by atoms with Crippen LogP contribution in [0, 0.1) is 0 Å². The number of nitrogens with one attached hydrogen (secondary N) is 7. The Morgan fingerprint density at radius 2 is 0.500 bits per heavy atom. The number of hydrogen-bond donors (Lipinski definition) is 13. The van der Waals surface area contributed by atoms with Crippen molar-refractivity contribution in [3.05, 3.63) is 170 Å². The Morgan fingerprint density at radius 1 is 0.278 bits per heavy atom. The number of ether oxygens (including phenoxy) is 13. The van der Waals surface area contributed by atoms with Crippen LogP contribution in [0.25, 0.3) is 0 Å². The topological polar surface area (TPSA) is 502 Å². The lowest BCUT2D eigenvalue weighted by Crippen LogP contribution is -2.69. The van der Waals surface area contributed by atoms with Crippen molar-refractivity contribution >= 4 is 122 Å². The smallest absolute Gasteiger partial charge is 0.412 e. The Labute approximate surface area is 731 Å². The van der Waals surface area contributed by atoms with E-state index in [1.54, 1.807) is 170 Å². The van der Waals surface area contributed by atoms with Gasteiger partial charge in [0.25, 0.3) is 0 Å². The van der Waals surface area contributed by atoms with Gasteiger partial charge in [-0.1, -0.05) is 0 Å². The first-order valence-electron chi connectivity index (χ1n) is 40.7. The molecule has 3 heterocycles. The maximum absolute atomic E-state index is 15.1. The molecule has 680 valence electrons. The molecular formula is C86H116N20O20. The maximum Gasteiger partial charge on any atom is 0.412 e. The van der Waals surface area contributed by atoms with Gasteiger partial charge in [0.1, 0.15) is 49.3 Å². The number of amides is 7. The number of carbonyl (C=O) groups excluding carboxylic acids is 7. The molecule has 0 bridgehead atoms. The van der Waals surface area contributed by atoms with Gasteiger partial charge in [-0.05, 0) is 176 Å². The molecule has 40 nitrogen and oxygen atoms in total. The van der Waals surface area contributed by atoms with Crippen LogP contribution in [0.3, 0.4) is 0 Å². The first-order chi connectivity index (χ1) is 60.1. The second kappa shape index (κ2) is 43.0. The Balaban J connectivity index is 0.998. The van der Waals surface area contributed by atoms with Gasteiger partial charge in [-0.2, -0.15) is 0 Å². The first kappa shape index (κ1) is 94.2. The third kappa shape index (κ3) is 24.8. The van der Waals surface area contributed by atoms with Crippen LogP contribution in [0.2, 0.25) is 0 Å².